The Balaban J connectivity index is 1.08. The number of nitrogens with one attached hydrogen (secondary N) is 7. The van der Waals surface area contributed by atoms with E-state index in [1.165, 1.54) is 36.4 Å². The smallest absolute Gasteiger partial charge is 0.407 e. The van der Waals surface area contributed by atoms with Gasteiger partial charge in [0.2, 0.25) is 0 Å². The molecule has 3 aliphatic rings. The molecule has 4 atom stereocenters. The molecule has 620 valence electrons. The lowest BCUT2D eigenvalue weighted by Crippen LogP contribution is -2.51. The zero-order valence-corrected chi connectivity index (χ0v) is 67.8. The van der Waals surface area contributed by atoms with Crippen molar-refractivity contribution in [1.29, 1.82) is 0 Å². The van der Waals surface area contributed by atoms with Crippen LogP contribution in [0.1, 0.15) is 148 Å². The van der Waals surface area contributed by atoms with E-state index < -0.39 is 69.3 Å². The molecule has 27 heteroatoms. The molecule has 8 bridgehead atoms. The van der Waals surface area contributed by atoms with Crippen molar-refractivity contribution in [2.75, 3.05) is 84.9 Å². The molecule has 9 aromatic carbocycles. The molecule has 0 aliphatic carbocycles. The predicted octanol–water partition coefficient (Wildman–Crippen LogP) is 11.8. The Labute approximate surface area is 689 Å². The number of hydrogen-bond acceptors (Lipinski definition) is 19. The summed E-state index contributed by atoms with van der Waals surface area (Å²) in [5, 5.41) is 21.8. The molecule has 3 aliphatic heterocycles. The second-order valence-corrected chi connectivity index (χ2v) is 31.3. The van der Waals surface area contributed by atoms with Gasteiger partial charge < -0.3 is 70.4 Å². The Morgan fingerprint density at radius 3 is 0.907 bits per heavy atom. The number of carbonyl (C=O) groups is 7. The monoisotopic (exact) mass is 1630 g/mol. The van der Waals surface area contributed by atoms with Crippen molar-refractivity contribution in [3.8, 4) is 34.5 Å². The zero-order chi connectivity index (χ0) is 83.1. The van der Waals surface area contributed by atoms with Crippen LogP contribution in [0.25, 0.3) is 0 Å². The molecule has 7 N–H and O–H groups in total. The summed E-state index contributed by atoms with van der Waals surface area (Å²) in [5.74, 6) is -3.88. The van der Waals surface area contributed by atoms with Gasteiger partial charge in [0, 0.05) is 84.1 Å². The van der Waals surface area contributed by atoms with Crippen molar-refractivity contribution in [2.45, 2.75) is 110 Å². The van der Waals surface area contributed by atoms with Crippen LogP contribution in [0, 0.1) is 0 Å². The van der Waals surface area contributed by atoms with E-state index in [0.717, 1.165) is 39.6 Å². The number of ether oxygens (including phenoxy) is 7. The minimum absolute atomic E-state index is 0.000956. The number of carbonyl (C=O) groups excluding carboxylic acids is 7. The highest BCUT2D eigenvalue weighted by Gasteiger charge is 2.33. The van der Waals surface area contributed by atoms with Crippen molar-refractivity contribution in [1.82, 2.24) is 47.0 Å². The van der Waals surface area contributed by atoms with E-state index in [-0.39, 0.29) is 205 Å². The Bertz CT molecular complexity index is 4930. The number of rotatable bonds is 28. The van der Waals surface area contributed by atoms with E-state index in [2.05, 4.69) is 37.2 Å². The van der Waals surface area contributed by atoms with Crippen molar-refractivity contribution in [3.05, 3.63) is 285 Å². The molecule has 0 saturated heterocycles. The van der Waals surface area contributed by atoms with E-state index in [1.807, 2.05) is 192 Å². The average molecular weight is 1630 g/mol. The molecule has 7 amide bonds. The first-order valence-corrected chi connectivity index (χ1v) is 41.5. The molecule has 2 unspecified atom stereocenters. The van der Waals surface area contributed by atoms with E-state index in [0.29, 0.717) is 12.8 Å². The Morgan fingerprint density at radius 2 is 0.636 bits per heavy atom. The van der Waals surface area contributed by atoms with Gasteiger partial charge in [-0.1, -0.05) is 182 Å². The number of amides is 7. The van der Waals surface area contributed by atoms with Crippen molar-refractivity contribution < 1.29 is 79.3 Å². The van der Waals surface area contributed by atoms with E-state index in [4.69, 9.17) is 37.3 Å². The van der Waals surface area contributed by atoms with Gasteiger partial charge in [-0.2, -0.15) is 8.42 Å². The highest BCUT2D eigenvalue weighted by Crippen LogP contribution is 2.41. The van der Waals surface area contributed by atoms with Crippen LogP contribution >= 0.6 is 0 Å². The fourth-order valence-corrected chi connectivity index (χ4v) is 13.8. The fraction of sp³-hybridized carbons (Fsp3) is 0.330. The van der Waals surface area contributed by atoms with Gasteiger partial charge in [-0.05, 0) is 123 Å². The summed E-state index contributed by atoms with van der Waals surface area (Å²) in [6.07, 6.45) is 1.54. The molecule has 0 saturated carbocycles. The summed E-state index contributed by atoms with van der Waals surface area (Å²) in [6.45, 7) is 5.08. The first-order chi connectivity index (χ1) is 57.2. The number of benzene rings is 9. The second-order valence-electron chi connectivity index (χ2n) is 29.7. The van der Waals surface area contributed by atoms with Crippen LogP contribution in [0.5, 0.6) is 34.5 Å². The van der Waals surface area contributed by atoms with Gasteiger partial charge in [0.05, 0.1) is 46.2 Å². The van der Waals surface area contributed by atoms with E-state index >= 15 is 28.8 Å². The topological polar surface area (TPSA) is 318 Å². The lowest BCUT2D eigenvalue weighted by molar-refractivity contribution is 0.0525. The predicted molar refractivity (Wildman–Crippen MR) is 447 cm³/mol. The fourth-order valence-electron chi connectivity index (χ4n) is 13.4. The van der Waals surface area contributed by atoms with Gasteiger partial charge in [0.1, 0.15) is 45.2 Å². The molecular weight excluding hydrogens is 1520 g/mol. The Hall–Kier alpha value is -12.3. The van der Waals surface area contributed by atoms with Crippen molar-refractivity contribution >= 4 is 51.7 Å². The number of fused-ring (bicyclic) bond motifs is 18. The van der Waals surface area contributed by atoms with Gasteiger partial charge in [0.25, 0.3) is 45.6 Å². The number of unbranched alkanes of at least 4 members (excludes halogenated alkanes) is 1. The number of hydrogen-bond donors (Lipinski definition) is 7. The van der Waals surface area contributed by atoms with Crippen LogP contribution in [-0.2, 0) is 58.7 Å². The standard InChI is InChI=1S/C91H103N9O17S/c1-91(2,3)117-90(107)96-46-24-23-38-70-56-100-54-50-95-87(104)73-41-40-72(78(110-58-64-26-11-5-12-27-64)79(73)111-59-65-28-13-6-14-29-65)84(101)92-47-51-99(52-48-93-85(102)74-42-44-76(88(105)97-70)82(114-62-68-34-19-9-20-35-68)80(74)112-60-66-30-15-7-16-31-66)53-49-94-86(103)75-43-45-77(89(106)98-71(57-100)39-25-55-116-118(4,108)109)83(115-63-69-36-21-10-22-37-69)81(75)113-61-67-32-17-8-18-33-67/h5-22,26-37,40-45,70-71H,23-25,38-39,46-63H2,1-4H3,(H,92,101)(H,93,102)(H,94,103)(H,95,104)(H,96,107)(H,97,105)(H,98,106)/t70-,71-/m0/s1. The van der Waals surface area contributed by atoms with Gasteiger partial charge in [-0.3, -0.25) is 42.8 Å². The molecule has 0 aromatic heterocycles. The summed E-state index contributed by atoms with van der Waals surface area (Å²) >= 11 is 0. The molecule has 0 radical (unpaired) electrons. The molecule has 0 fully saturated rings. The highest BCUT2D eigenvalue weighted by molar-refractivity contribution is 7.86. The Kier molecular flexibility index (Phi) is 32.0. The van der Waals surface area contributed by atoms with Crippen molar-refractivity contribution in [3.63, 3.8) is 0 Å². The number of alkyl carbamates (subject to hydrolysis) is 1. The normalized spacial score (nSPS) is 16.7. The SMILES string of the molecule is CC(C)(C)OC(=O)NCCCC[C@H]1CN2CCNC(=O)c3ccc(c(OCc4ccccc4)c3OCc3ccccc3)C(=O)NCCN(CCNC(=O)c3ccc(c(OCc4ccccc4)c3OCc3ccccc3)C(=O)N1)CCNC(=O)c1ccc(c(OCc3ccccc3)c1OCc1ccccc1)C(=O)N[C@@H](CCCOS(C)(=O)=O)C2. The molecule has 3 heterocycles. The minimum atomic E-state index is -3.96. The van der Waals surface area contributed by atoms with Gasteiger partial charge >= 0.3 is 6.09 Å². The third-order valence-corrected chi connectivity index (χ3v) is 19.9. The third-order valence-electron chi connectivity index (χ3n) is 19.3. The molecule has 0 spiro atoms. The Morgan fingerprint density at radius 1 is 0.373 bits per heavy atom. The number of nitrogens with zero attached hydrogens (tertiary/aromatic N) is 2. The van der Waals surface area contributed by atoms with Crippen LogP contribution in [-0.4, -0.2) is 162 Å². The maximum Gasteiger partial charge on any atom is 0.407 e. The largest absolute Gasteiger partial charge is 0.484 e. The first-order valence-electron chi connectivity index (χ1n) is 39.7. The summed E-state index contributed by atoms with van der Waals surface area (Å²) in [4.78, 5) is 110. The maximum atomic E-state index is 15.9. The van der Waals surface area contributed by atoms with Gasteiger partial charge in [-0.25, -0.2) is 4.79 Å². The zero-order valence-electron chi connectivity index (χ0n) is 66.9. The highest BCUT2D eigenvalue weighted by atomic mass is 32.2. The summed E-state index contributed by atoms with van der Waals surface area (Å²) < 4.78 is 76.4. The molecule has 9 aromatic rings. The van der Waals surface area contributed by atoms with E-state index in [1.54, 1.807) is 20.8 Å². The lowest BCUT2D eigenvalue weighted by Gasteiger charge is -2.32. The second kappa shape index (κ2) is 43.6. The molecule has 118 heavy (non-hydrogen) atoms. The first kappa shape index (κ1) is 86.6. The van der Waals surface area contributed by atoms with Gasteiger partial charge in [-0.15, -0.1) is 0 Å². The lowest BCUT2D eigenvalue weighted by atomic mass is 10.0. The van der Waals surface area contributed by atoms with Crippen LogP contribution < -0.4 is 65.6 Å². The molecule has 26 nitrogen and oxygen atoms in total. The summed E-state index contributed by atoms with van der Waals surface area (Å²) in [5.41, 5.74) is 3.77. The molecule has 12 rings (SSSR count). The quantitative estimate of drug-likeness (QED) is 0.0177. The third kappa shape index (κ3) is 26.9. The van der Waals surface area contributed by atoms with Crippen LogP contribution in [0.4, 0.5) is 4.79 Å². The van der Waals surface area contributed by atoms with Crippen molar-refractivity contribution in [2.24, 2.45) is 0 Å². The van der Waals surface area contributed by atoms with Gasteiger partial charge in [0.15, 0.2) is 34.5 Å². The van der Waals surface area contributed by atoms with Crippen LogP contribution in [0.3, 0.4) is 0 Å². The minimum Gasteiger partial charge on any atom is -0.484 e. The van der Waals surface area contributed by atoms with E-state index in [9.17, 15) is 13.2 Å². The van der Waals surface area contributed by atoms with Crippen LogP contribution in [0.15, 0.2) is 218 Å². The average Bonchev–Trinajstić information content (AvgIpc) is 0.800. The van der Waals surface area contributed by atoms with Crippen LogP contribution in [0.2, 0.25) is 0 Å². The summed E-state index contributed by atoms with van der Waals surface area (Å²) in [7, 11) is -3.96. The summed E-state index contributed by atoms with van der Waals surface area (Å²) in [6, 6.07) is 62.9. The molecular formula is C91H103N9O17S. The maximum absolute atomic E-state index is 15.9.